The molecule has 0 fully saturated rings. The van der Waals surface area contributed by atoms with Gasteiger partial charge in [0.1, 0.15) is 0 Å². The molecule has 1 aromatic rings. The minimum Gasteiger partial charge on any atom is -0.314 e. The van der Waals surface area contributed by atoms with Crippen LogP contribution in [-0.2, 0) is 6.42 Å². The van der Waals surface area contributed by atoms with Crippen molar-refractivity contribution in [3.8, 4) is 0 Å². The largest absolute Gasteiger partial charge is 0.314 e. The molecule has 1 atom stereocenters. The van der Waals surface area contributed by atoms with E-state index in [2.05, 4.69) is 26.1 Å². The fourth-order valence-electron chi connectivity index (χ4n) is 2.07. The summed E-state index contributed by atoms with van der Waals surface area (Å²) in [5, 5.41) is 3.39. The van der Waals surface area contributed by atoms with Crippen LogP contribution in [0, 0.1) is 23.4 Å². The van der Waals surface area contributed by atoms with Crippen LogP contribution in [0.15, 0.2) is 12.1 Å². The van der Waals surface area contributed by atoms with E-state index in [1.807, 2.05) is 0 Å². The van der Waals surface area contributed by atoms with E-state index in [1.54, 1.807) is 0 Å². The van der Waals surface area contributed by atoms with Crippen LogP contribution in [-0.4, -0.2) is 12.6 Å². The first-order valence-corrected chi connectivity index (χ1v) is 6.83. The highest BCUT2D eigenvalue weighted by Crippen LogP contribution is 2.18. The highest BCUT2D eigenvalue weighted by Gasteiger charge is 2.16. The van der Waals surface area contributed by atoms with Crippen molar-refractivity contribution in [1.29, 1.82) is 0 Å². The summed E-state index contributed by atoms with van der Waals surface area (Å²) in [5.74, 6) is -3.15. The number of aryl methyl sites for hydroxylation is 1. The molecular formula is C15H22F3N. The Labute approximate surface area is 113 Å². The summed E-state index contributed by atoms with van der Waals surface area (Å²) >= 11 is 0. The molecule has 0 bridgehead atoms. The molecule has 4 heteroatoms. The average Bonchev–Trinajstić information content (AvgIpc) is 2.38. The van der Waals surface area contributed by atoms with Crippen LogP contribution in [0.1, 0.15) is 39.2 Å². The summed E-state index contributed by atoms with van der Waals surface area (Å²) in [5.41, 5.74) is 0.239. The SMILES string of the molecule is CCCNC(CCc1ccc(F)c(F)c1F)C(C)C. The second-order valence-electron chi connectivity index (χ2n) is 5.18. The topological polar surface area (TPSA) is 12.0 Å². The third-order valence-corrected chi connectivity index (χ3v) is 3.30. The summed E-state index contributed by atoms with van der Waals surface area (Å²) in [6, 6.07) is 2.56. The van der Waals surface area contributed by atoms with Gasteiger partial charge in [-0.3, -0.25) is 0 Å². The Bertz CT molecular complexity index is 405. The summed E-state index contributed by atoms with van der Waals surface area (Å²) in [7, 11) is 0. The van der Waals surface area contributed by atoms with Gasteiger partial charge >= 0.3 is 0 Å². The van der Waals surface area contributed by atoms with Gasteiger partial charge in [0.25, 0.3) is 0 Å². The molecule has 0 aliphatic rings. The Morgan fingerprint density at radius 3 is 2.37 bits per heavy atom. The number of rotatable bonds is 7. The van der Waals surface area contributed by atoms with E-state index in [-0.39, 0.29) is 11.6 Å². The molecule has 108 valence electrons. The minimum atomic E-state index is -1.37. The van der Waals surface area contributed by atoms with Gasteiger partial charge in [-0.05, 0) is 43.4 Å². The zero-order valence-electron chi connectivity index (χ0n) is 11.8. The Balaban J connectivity index is 2.66. The highest BCUT2D eigenvalue weighted by molar-refractivity contribution is 5.20. The number of halogens is 3. The fraction of sp³-hybridized carbons (Fsp3) is 0.600. The molecule has 1 N–H and O–H groups in total. The van der Waals surface area contributed by atoms with E-state index < -0.39 is 17.5 Å². The van der Waals surface area contributed by atoms with Gasteiger partial charge in [-0.1, -0.05) is 26.8 Å². The van der Waals surface area contributed by atoms with E-state index in [1.165, 1.54) is 6.07 Å². The molecule has 19 heavy (non-hydrogen) atoms. The molecule has 0 radical (unpaired) electrons. The third kappa shape index (κ3) is 4.53. The van der Waals surface area contributed by atoms with E-state index in [4.69, 9.17) is 0 Å². The van der Waals surface area contributed by atoms with Crippen LogP contribution < -0.4 is 5.32 Å². The molecule has 0 heterocycles. The van der Waals surface area contributed by atoms with Gasteiger partial charge in [-0.15, -0.1) is 0 Å². The number of nitrogens with one attached hydrogen (secondary N) is 1. The smallest absolute Gasteiger partial charge is 0.194 e. The van der Waals surface area contributed by atoms with Crippen LogP contribution in [0.25, 0.3) is 0 Å². The monoisotopic (exact) mass is 273 g/mol. The van der Waals surface area contributed by atoms with Crippen molar-refractivity contribution in [3.05, 3.63) is 35.1 Å². The number of benzene rings is 1. The van der Waals surface area contributed by atoms with Crippen LogP contribution >= 0.6 is 0 Å². The van der Waals surface area contributed by atoms with Crippen LogP contribution in [0.3, 0.4) is 0 Å². The second kappa shape index (κ2) is 7.53. The quantitative estimate of drug-likeness (QED) is 0.739. The van der Waals surface area contributed by atoms with Gasteiger partial charge in [-0.25, -0.2) is 13.2 Å². The Hall–Kier alpha value is -1.03. The molecule has 1 unspecified atom stereocenters. The highest BCUT2D eigenvalue weighted by atomic mass is 19.2. The van der Waals surface area contributed by atoms with Crippen molar-refractivity contribution in [3.63, 3.8) is 0 Å². The lowest BCUT2D eigenvalue weighted by molar-refractivity contribution is 0.374. The maximum absolute atomic E-state index is 13.5. The molecule has 0 aliphatic carbocycles. The molecule has 0 aliphatic heterocycles. The minimum absolute atomic E-state index is 0.239. The molecule has 1 rings (SSSR count). The zero-order valence-corrected chi connectivity index (χ0v) is 11.8. The Morgan fingerprint density at radius 1 is 1.11 bits per heavy atom. The van der Waals surface area contributed by atoms with Crippen molar-refractivity contribution >= 4 is 0 Å². The second-order valence-corrected chi connectivity index (χ2v) is 5.18. The normalized spacial score (nSPS) is 13.0. The summed E-state index contributed by atoms with van der Waals surface area (Å²) in [6.45, 7) is 7.17. The first-order valence-electron chi connectivity index (χ1n) is 6.83. The van der Waals surface area contributed by atoms with Gasteiger partial charge in [0.2, 0.25) is 0 Å². The third-order valence-electron chi connectivity index (χ3n) is 3.30. The van der Waals surface area contributed by atoms with E-state index >= 15 is 0 Å². The maximum Gasteiger partial charge on any atom is 0.194 e. The van der Waals surface area contributed by atoms with E-state index in [9.17, 15) is 13.2 Å². The van der Waals surface area contributed by atoms with Crippen LogP contribution in [0.2, 0.25) is 0 Å². The van der Waals surface area contributed by atoms with Crippen molar-refractivity contribution in [2.75, 3.05) is 6.54 Å². The summed E-state index contributed by atoms with van der Waals surface area (Å²) in [4.78, 5) is 0. The molecule has 1 aromatic carbocycles. The lowest BCUT2D eigenvalue weighted by atomic mass is 9.96. The van der Waals surface area contributed by atoms with Gasteiger partial charge < -0.3 is 5.32 Å². The van der Waals surface area contributed by atoms with Gasteiger partial charge in [0, 0.05) is 6.04 Å². The maximum atomic E-state index is 13.5. The Kier molecular flexibility index (Phi) is 6.35. The van der Waals surface area contributed by atoms with Gasteiger partial charge in [0.05, 0.1) is 0 Å². The first kappa shape index (κ1) is 16.0. The molecule has 0 amide bonds. The van der Waals surface area contributed by atoms with Gasteiger partial charge in [0.15, 0.2) is 17.5 Å². The molecule has 0 spiro atoms. The molecule has 0 saturated carbocycles. The van der Waals surface area contributed by atoms with E-state index in [0.717, 1.165) is 19.0 Å². The zero-order chi connectivity index (χ0) is 14.4. The van der Waals surface area contributed by atoms with Gasteiger partial charge in [-0.2, -0.15) is 0 Å². The molecule has 0 aromatic heterocycles. The fourth-order valence-corrected chi connectivity index (χ4v) is 2.07. The summed E-state index contributed by atoms with van der Waals surface area (Å²) in [6.07, 6.45) is 2.14. The molecule has 1 nitrogen and oxygen atoms in total. The number of hydrogen-bond acceptors (Lipinski definition) is 1. The lowest BCUT2D eigenvalue weighted by Gasteiger charge is -2.22. The molecular weight excluding hydrogens is 251 g/mol. The average molecular weight is 273 g/mol. The van der Waals surface area contributed by atoms with Crippen molar-refractivity contribution < 1.29 is 13.2 Å². The number of hydrogen-bond donors (Lipinski definition) is 1. The van der Waals surface area contributed by atoms with Crippen molar-refractivity contribution in [2.45, 2.75) is 46.1 Å². The predicted octanol–water partition coefficient (Wildman–Crippen LogP) is 4.06. The predicted molar refractivity (Wildman–Crippen MR) is 71.6 cm³/mol. The van der Waals surface area contributed by atoms with Crippen molar-refractivity contribution in [2.24, 2.45) is 5.92 Å². The Morgan fingerprint density at radius 2 is 1.79 bits per heavy atom. The van der Waals surface area contributed by atoms with Crippen LogP contribution in [0.4, 0.5) is 13.2 Å². The summed E-state index contributed by atoms with van der Waals surface area (Å²) < 4.78 is 39.5. The van der Waals surface area contributed by atoms with Crippen LogP contribution in [0.5, 0.6) is 0 Å². The van der Waals surface area contributed by atoms with Crippen molar-refractivity contribution in [1.82, 2.24) is 5.32 Å². The standard InChI is InChI=1S/C15H22F3N/c1-4-9-19-13(10(2)3)8-6-11-5-7-12(16)15(18)14(11)17/h5,7,10,13,19H,4,6,8-9H2,1-3H3. The van der Waals surface area contributed by atoms with E-state index in [0.29, 0.717) is 18.8 Å². The first-order chi connectivity index (χ1) is 8.97. The lowest BCUT2D eigenvalue weighted by Crippen LogP contribution is -2.34. The molecule has 0 saturated heterocycles.